The molecule has 0 radical (unpaired) electrons. The Morgan fingerprint density at radius 3 is 2.59 bits per heavy atom. The fourth-order valence-electron chi connectivity index (χ4n) is 3.32. The molecule has 0 aromatic heterocycles. The van der Waals surface area contributed by atoms with Crippen LogP contribution in [-0.4, -0.2) is 37.5 Å². The summed E-state index contributed by atoms with van der Waals surface area (Å²) in [5.41, 5.74) is 1.55. The molecule has 5 heteroatoms. The van der Waals surface area contributed by atoms with Crippen molar-refractivity contribution < 1.29 is 9.59 Å². The van der Waals surface area contributed by atoms with Crippen molar-refractivity contribution in [1.29, 1.82) is 0 Å². The van der Waals surface area contributed by atoms with Crippen LogP contribution >= 0.6 is 0 Å². The third-order valence-electron chi connectivity index (χ3n) is 4.94. The summed E-state index contributed by atoms with van der Waals surface area (Å²) in [6.45, 7) is 7.10. The highest BCUT2D eigenvalue weighted by atomic mass is 16.2. The lowest BCUT2D eigenvalue weighted by Crippen LogP contribution is -2.50. The van der Waals surface area contributed by atoms with Gasteiger partial charge in [0.25, 0.3) is 0 Å². The van der Waals surface area contributed by atoms with E-state index in [4.69, 9.17) is 0 Å². The van der Waals surface area contributed by atoms with E-state index in [2.05, 4.69) is 34.6 Å². The minimum atomic E-state index is -0.610. The molecule has 2 aliphatic rings. The number of piperidine rings is 1. The van der Waals surface area contributed by atoms with Gasteiger partial charge in [-0.3, -0.25) is 14.9 Å². The van der Waals surface area contributed by atoms with E-state index < -0.39 is 5.41 Å². The van der Waals surface area contributed by atoms with Gasteiger partial charge in [-0.15, -0.1) is 0 Å². The van der Waals surface area contributed by atoms with E-state index in [0.29, 0.717) is 18.9 Å². The lowest BCUT2D eigenvalue weighted by molar-refractivity contribution is -0.137. The number of rotatable bonds is 2. The monoisotopic (exact) mass is 301 g/mol. The number of benzene rings is 1. The Kier molecular flexibility index (Phi) is 3.91. The van der Waals surface area contributed by atoms with Crippen molar-refractivity contribution in [1.82, 2.24) is 10.6 Å². The number of anilines is 1. The quantitative estimate of drug-likeness (QED) is 0.805. The van der Waals surface area contributed by atoms with Crippen molar-refractivity contribution in [2.45, 2.75) is 38.1 Å². The van der Waals surface area contributed by atoms with E-state index in [1.54, 1.807) is 0 Å². The van der Waals surface area contributed by atoms with Crippen LogP contribution in [0.1, 0.15) is 32.3 Å². The van der Waals surface area contributed by atoms with Crippen molar-refractivity contribution in [2.24, 2.45) is 0 Å². The molecule has 2 heterocycles. The Balaban J connectivity index is 1.82. The molecule has 118 valence electrons. The molecule has 1 unspecified atom stereocenters. The molecule has 2 fully saturated rings. The molecule has 1 aromatic carbocycles. The second-order valence-electron chi connectivity index (χ2n) is 6.50. The minimum Gasteiger partial charge on any atom is -0.366 e. The van der Waals surface area contributed by atoms with Gasteiger partial charge in [0.15, 0.2) is 0 Å². The highest BCUT2D eigenvalue weighted by Crippen LogP contribution is 2.33. The van der Waals surface area contributed by atoms with Crippen LogP contribution in [0.2, 0.25) is 0 Å². The largest absolute Gasteiger partial charge is 0.366 e. The van der Waals surface area contributed by atoms with Crippen molar-refractivity contribution in [2.75, 3.05) is 24.5 Å². The molecular weight excluding hydrogens is 278 g/mol. The van der Waals surface area contributed by atoms with Crippen LogP contribution < -0.4 is 15.5 Å². The smallest absolute Gasteiger partial charge is 0.236 e. The predicted molar refractivity (Wildman–Crippen MR) is 85.9 cm³/mol. The van der Waals surface area contributed by atoms with Crippen LogP contribution in [-0.2, 0) is 15.0 Å². The van der Waals surface area contributed by atoms with Gasteiger partial charge in [0, 0.05) is 37.8 Å². The first-order valence-electron chi connectivity index (χ1n) is 7.93. The van der Waals surface area contributed by atoms with Crippen LogP contribution in [0.3, 0.4) is 0 Å². The van der Waals surface area contributed by atoms with Crippen LogP contribution in [0.15, 0.2) is 24.3 Å². The van der Waals surface area contributed by atoms with Gasteiger partial charge in [-0.1, -0.05) is 12.1 Å². The predicted octanol–water partition coefficient (Wildman–Crippen LogP) is 1.18. The Morgan fingerprint density at radius 1 is 1.23 bits per heavy atom. The normalized spacial score (nSPS) is 29.4. The molecule has 0 spiro atoms. The Bertz CT molecular complexity index is 584. The zero-order valence-corrected chi connectivity index (χ0v) is 13.2. The molecule has 5 nitrogen and oxygen atoms in total. The SMILES string of the molecule is CC1CNCCN1c1ccc([C@@]2(C)CCC(=O)NC2=O)cc1. The second kappa shape index (κ2) is 5.72. The maximum absolute atomic E-state index is 12.2. The van der Waals surface area contributed by atoms with Crippen molar-refractivity contribution in [3.05, 3.63) is 29.8 Å². The molecule has 2 N–H and O–H groups in total. The minimum absolute atomic E-state index is 0.172. The van der Waals surface area contributed by atoms with Gasteiger partial charge in [-0.05, 0) is 38.0 Å². The van der Waals surface area contributed by atoms with Gasteiger partial charge >= 0.3 is 0 Å². The second-order valence-corrected chi connectivity index (χ2v) is 6.50. The summed E-state index contributed by atoms with van der Waals surface area (Å²) in [5, 5.41) is 5.84. The first-order valence-corrected chi connectivity index (χ1v) is 7.93. The fourth-order valence-corrected chi connectivity index (χ4v) is 3.32. The van der Waals surface area contributed by atoms with E-state index in [1.807, 2.05) is 19.1 Å². The van der Waals surface area contributed by atoms with Gasteiger partial charge in [0.1, 0.15) is 0 Å². The summed E-state index contributed by atoms with van der Waals surface area (Å²) >= 11 is 0. The van der Waals surface area contributed by atoms with Crippen LogP contribution in [0.25, 0.3) is 0 Å². The first kappa shape index (κ1) is 15.0. The third kappa shape index (κ3) is 2.61. The summed E-state index contributed by atoms with van der Waals surface area (Å²) in [6, 6.07) is 8.70. The summed E-state index contributed by atoms with van der Waals surface area (Å²) in [4.78, 5) is 25.9. The van der Waals surface area contributed by atoms with Crippen molar-refractivity contribution >= 4 is 17.5 Å². The van der Waals surface area contributed by atoms with Crippen LogP contribution in [0.4, 0.5) is 5.69 Å². The number of imide groups is 1. The molecule has 0 saturated carbocycles. The highest BCUT2D eigenvalue weighted by Gasteiger charge is 2.39. The highest BCUT2D eigenvalue weighted by molar-refractivity contribution is 6.03. The molecule has 2 amide bonds. The Hall–Kier alpha value is -1.88. The molecule has 3 rings (SSSR count). The number of nitrogens with zero attached hydrogens (tertiary/aromatic N) is 1. The third-order valence-corrected chi connectivity index (χ3v) is 4.94. The van der Waals surface area contributed by atoms with E-state index in [1.165, 1.54) is 5.69 Å². The van der Waals surface area contributed by atoms with Crippen LogP contribution in [0.5, 0.6) is 0 Å². The molecule has 2 saturated heterocycles. The molecule has 1 aromatic rings. The fraction of sp³-hybridized carbons (Fsp3) is 0.529. The Morgan fingerprint density at radius 2 is 1.95 bits per heavy atom. The van der Waals surface area contributed by atoms with Crippen molar-refractivity contribution in [3.63, 3.8) is 0 Å². The number of amides is 2. The number of hydrogen-bond acceptors (Lipinski definition) is 4. The molecule has 2 aliphatic heterocycles. The number of carbonyl (C=O) groups is 2. The average molecular weight is 301 g/mol. The number of nitrogens with one attached hydrogen (secondary N) is 2. The number of hydrogen-bond donors (Lipinski definition) is 2. The first-order chi connectivity index (χ1) is 10.5. The van der Waals surface area contributed by atoms with Gasteiger partial charge in [0.2, 0.25) is 11.8 Å². The summed E-state index contributed by atoms with van der Waals surface area (Å²) < 4.78 is 0. The van der Waals surface area contributed by atoms with E-state index >= 15 is 0 Å². The maximum atomic E-state index is 12.2. The molecule has 0 aliphatic carbocycles. The van der Waals surface area contributed by atoms with Gasteiger partial charge < -0.3 is 10.2 Å². The van der Waals surface area contributed by atoms with E-state index in [-0.39, 0.29) is 11.8 Å². The number of carbonyl (C=O) groups excluding carboxylic acids is 2. The summed E-state index contributed by atoms with van der Waals surface area (Å²) in [5.74, 6) is -0.360. The lowest BCUT2D eigenvalue weighted by atomic mass is 9.75. The van der Waals surface area contributed by atoms with Gasteiger partial charge in [-0.25, -0.2) is 0 Å². The summed E-state index contributed by atoms with van der Waals surface area (Å²) in [7, 11) is 0. The maximum Gasteiger partial charge on any atom is 0.236 e. The summed E-state index contributed by atoms with van der Waals surface area (Å²) in [6.07, 6.45) is 0.972. The Labute approximate surface area is 131 Å². The standard InChI is InChI=1S/C17H23N3O2/c1-12-11-18-9-10-20(12)14-5-3-13(4-6-14)17(2)8-7-15(21)19-16(17)22/h3-6,12,18H,7-11H2,1-2H3,(H,19,21,22)/t12?,17-/m1/s1. The van der Waals surface area contributed by atoms with Crippen molar-refractivity contribution in [3.8, 4) is 0 Å². The molecule has 22 heavy (non-hydrogen) atoms. The zero-order valence-electron chi connectivity index (χ0n) is 13.2. The van der Waals surface area contributed by atoms with E-state index in [0.717, 1.165) is 25.2 Å². The lowest BCUT2D eigenvalue weighted by Gasteiger charge is -2.37. The van der Waals surface area contributed by atoms with Gasteiger partial charge in [0.05, 0.1) is 5.41 Å². The molecule has 0 bridgehead atoms. The molecular formula is C17H23N3O2. The number of piperazine rings is 1. The average Bonchev–Trinajstić information content (AvgIpc) is 2.52. The zero-order chi connectivity index (χ0) is 15.7. The molecule has 2 atom stereocenters. The topological polar surface area (TPSA) is 61.4 Å². The van der Waals surface area contributed by atoms with E-state index in [9.17, 15) is 9.59 Å². The van der Waals surface area contributed by atoms with Crippen LogP contribution in [0, 0.1) is 0 Å². The van der Waals surface area contributed by atoms with Gasteiger partial charge in [-0.2, -0.15) is 0 Å².